The summed E-state index contributed by atoms with van der Waals surface area (Å²) < 4.78 is 11.2. The van der Waals surface area contributed by atoms with Crippen molar-refractivity contribution in [3.8, 4) is 0 Å². The Morgan fingerprint density at radius 3 is 2.89 bits per heavy atom. The molecule has 0 aromatic carbocycles. The Morgan fingerprint density at radius 2 is 2.11 bits per heavy atom. The molecule has 2 rings (SSSR count). The van der Waals surface area contributed by atoms with Gasteiger partial charge in [0.05, 0.1) is 5.60 Å². The van der Waals surface area contributed by atoms with Gasteiger partial charge in [0.25, 0.3) is 0 Å². The summed E-state index contributed by atoms with van der Waals surface area (Å²) in [4.78, 5) is 0. The standard InChI is InChI=1S/C15H29NO2S/c1-17-9-4-2-3-8-16-14-5-10-18-15(13-14)6-11-19-12-7-15/h14,16H,2-13H2,1H3. The van der Waals surface area contributed by atoms with Gasteiger partial charge < -0.3 is 14.8 Å². The van der Waals surface area contributed by atoms with Crippen molar-refractivity contribution in [3.63, 3.8) is 0 Å². The van der Waals surface area contributed by atoms with Crippen molar-refractivity contribution < 1.29 is 9.47 Å². The van der Waals surface area contributed by atoms with Crippen LogP contribution in [-0.4, -0.2) is 50.0 Å². The lowest BCUT2D eigenvalue weighted by Gasteiger charge is -2.43. The minimum absolute atomic E-state index is 0.219. The van der Waals surface area contributed by atoms with E-state index in [1.54, 1.807) is 7.11 Å². The number of thioether (sulfide) groups is 1. The van der Waals surface area contributed by atoms with Crippen molar-refractivity contribution in [1.29, 1.82) is 0 Å². The summed E-state index contributed by atoms with van der Waals surface area (Å²) in [6.45, 7) is 3.00. The maximum atomic E-state index is 6.13. The lowest BCUT2D eigenvalue weighted by Crippen LogP contribution is -2.49. The Balaban J connectivity index is 1.61. The lowest BCUT2D eigenvalue weighted by atomic mass is 9.85. The van der Waals surface area contributed by atoms with E-state index in [0.29, 0.717) is 6.04 Å². The molecule has 0 aliphatic carbocycles. The van der Waals surface area contributed by atoms with Gasteiger partial charge in [0.15, 0.2) is 0 Å². The molecule has 19 heavy (non-hydrogen) atoms. The van der Waals surface area contributed by atoms with E-state index in [4.69, 9.17) is 9.47 Å². The van der Waals surface area contributed by atoms with Crippen molar-refractivity contribution in [1.82, 2.24) is 5.32 Å². The van der Waals surface area contributed by atoms with Crippen LogP contribution in [0.4, 0.5) is 0 Å². The fraction of sp³-hybridized carbons (Fsp3) is 1.00. The van der Waals surface area contributed by atoms with E-state index in [-0.39, 0.29) is 5.60 Å². The van der Waals surface area contributed by atoms with E-state index in [2.05, 4.69) is 17.1 Å². The van der Waals surface area contributed by atoms with Crippen LogP contribution in [0.2, 0.25) is 0 Å². The molecule has 2 heterocycles. The highest BCUT2D eigenvalue weighted by atomic mass is 32.2. The van der Waals surface area contributed by atoms with Gasteiger partial charge in [-0.05, 0) is 63.0 Å². The highest BCUT2D eigenvalue weighted by Crippen LogP contribution is 2.37. The van der Waals surface area contributed by atoms with E-state index >= 15 is 0 Å². The van der Waals surface area contributed by atoms with Crippen molar-refractivity contribution >= 4 is 11.8 Å². The molecule has 2 saturated heterocycles. The van der Waals surface area contributed by atoms with Crippen molar-refractivity contribution in [2.75, 3.05) is 38.4 Å². The van der Waals surface area contributed by atoms with Crippen LogP contribution in [-0.2, 0) is 9.47 Å². The maximum absolute atomic E-state index is 6.13. The quantitative estimate of drug-likeness (QED) is 0.729. The van der Waals surface area contributed by atoms with E-state index in [0.717, 1.165) is 19.8 Å². The van der Waals surface area contributed by atoms with E-state index in [9.17, 15) is 0 Å². The smallest absolute Gasteiger partial charge is 0.0713 e. The zero-order valence-corrected chi connectivity index (χ0v) is 13.1. The average molecular weight is 287 g/mol. The molecule has 1 atom stereocenters. The molecule has 4 heteroatoms. The van der Waals surface area contributed by atoms with Gasteiger partial charge in [-0.1, -0.05) is 0 Å². The SMILES string of the molecule is COCCCCCNC1CCOC2(CCSCC2)C1. The molecule has 2 fully saturated rings. The Kier molecular flexibility index (Phi) is 6.99. The first kappa shape index (κ1) is 15.6. The molecule has 1 N–H and O–H groups in total. The fourth-order valence-electron chi connectivity index (χ4n) is 3.15. The molecule has 0 amide bonds. The summed E-state index contributed by atoms with van der Waals surface area (Å²) in [7, 11) is 1.78. The van der Waals surface area contributed by atoms with Crippen LogP contribution in [0, 0.1) is 0 Å². The molecule has 112 valence electrons. The molecule has 0 aromatic rings. The van der Waals surface area contributed by atoms with Gasteiger partial charge in [-0.15, -0.1) is 0 Å². The van der Waals surface area contributed by atoms with Crippen molar-refractivity contribution in [3.05, 3.63) is 0 Å². The Labute approximate surface area is 122 Å². The van der Waals surface area contributed by atoms with Crippen LogP contribution >= 0.6 is 11.8 Å². The van der Waals surface area contributed by atoms with Crippen LogP contribution in [0.1, 0.15) is 44.9 Å². The number of methoxy groups -OCH3 is 1. The molecule has 2 aliphatic heterocycles. The largest absolute Gasteiger partial charge is 0.385 e. The van der Waals surface area contributed by atoms with E-state index in [1.807, 2.05) is 0 Å². The summed E-state index contributed by atoms with van der Waals surface area (Å²) in [5.74, 6) is 2.56. The molecule has 3 nitrogen and oxygen atoms in total. The molecular formula is C15H29NO2S. The molecule has 0 radical (unpaired) electrons. The van der Waals surface area contributed by atoms with Crippen LogP contribution < -0.4 is 5.32 Å². The van der Waals surface area contributed by atoms with Gasteiger partial charge >= 0.3 is 0 Å². The molecule has 0 bridgehead atoms. The number of ether oxygens (including phenoxy) is 2. The maximum Gasteiger partial charge on any atom is 0.0713 e. The third-order valence-electron chi connectivity index (χ3n) is 4.36. The Morgan fingerprint density at radius 1 is 1.26 bits per heavy atom. The van der Waals surface area contributed by atoms with Crippen molar-refractivity contribution in [2.24, 2.45) is 0 Å². The Bertz CT molecular complexity index is 239. The second-order valence-electron chi connectivity index (χ2n) is 5.84. The van der Waals surface area contributed by atoms with Gasteiger partial charge in [-0.25, -0.2) is 0 Å². The highest BCUT2D eigenvalue weighted by molar-refractivity contribution is 7.99. The monoisotopic (exact) mass is 287 g/mol. The third-order valence-corrected chi connectivity index (χ3v) is 5.34. The number of hydrogen-bond acceptors (Lipinski definition) is 4. The zero-order valence-electron chi connectivity index (χ0n) is 12.3. The van der Waals surface area contributed by atoms with Crippen LogP contribution in [0.25, 0.3) is 0 Å². The molecule has 1 unspecified atom stereocenters. The van der Waals surface area contributed by atoms with Crippen LogP contribution in [0.15, 0.2) is 0 Å². The van der Waals surface area contributed by atoms with Crippen molar-refractivity contribution in [2.45, 2.75) is 56.6 Å². The van der Waals surface area contributed by atoms with Crippen LogP contribution in [0.3, 0.4) is 0 Å². The van der Waals surface area contributed by atoms with Gasteiger partial charge in [-0.2, -0.15) is 11.8 Å². The average Bonchev–Trinajstić information content (AvgIpc) is 2.44. The number of rotatable bonds is 7. The van der Waals surface area contributed by atoms with E-state index in [1.165, 1.54) is 56.5 Å². The summed E-state index contributed by atoms with van der Waals surface area (Å²) in [6.07, 6.45) is 8.65. The summed E-state index contributed by atoms with van der Waals surface area (Å²) >= 11 is 2.08. The predicted molar refractivity (Wildman–Crippen MR) is 82.0 cm³/mol. The number of unbranched alkanes of at least 4 members (excludes halogenated alkanes) is 2. The molecular weight excluding hydrogens is 258 g/mol. The van der Waals surface area contributed by atoms with Gasteiger partial charge in [0.1, 0.15) is 0 Å². The number of nitrogens with one attached hydrogen (secondary N) is 1. The molecule has 2 aliphatic rings. The third kappa shape index (κ3) is 5.25. The molecule has 1 spiro atoms. The second kappa shape index (κ2) is 8.50. The Hall–Kier alpha value is 0.230. The second-order valence-corrected chi connectivity index (χ2v) is 7.07. The minimum atomic E-state index is 0.219. The summed E-state index contributed by atoms with van der Waals surface area (Å²) in [5.41, 5.74) is 0.219. The fourth-order valence-corrected chi connectivity index (χ4v) is 4.39. The van der Waals surface area contributed by atoms with Gasteiger partial charge in [0.2, 0.25) is 0 Å². The molecule has 0 saturated carbocycles. The van der Waals surface area contributed by atoms with Gasteiger partial charge in [0, 0.05) is 26.4 Å². The van der Waals surface area contributed by atoms with Crippen LogP contribution in [0.5, 0.6) is 0 Å². The van der Waals surface area contributed by atoms with E-state index < -0.39 is 0 Å². The topological polar surface area (TPSA) is 30.5 Å². The zero-order chi connectivity index (χ0) is 13.4. The summed E-state index contributed by atoms with van der Waals surface area (Å²) in [5, 5.41) is 3.74. The minimum Gasteiger partial charge on any atom is -0.385 e. The lowest BCUT2D eigenvalue weighted by molar-refractivity contribution is -0.0930. The summed E-state index contributed by atoms with van der Waals surface area (Å²) in [6, 6.07) is 0.680. The highest BCUT2D eigenvalue weighted by Gasteiger charge is 2.38. The molecule has 0 aromatic heterocycles. The first-order valence-electron chi connectivity index (χ1n) is 7.79. The predicted octanol–water partition coefficient (Wildman–Crippen LogP) is 2.84. The normalized spacial score (nSPS) is 26.7. The number of hydrogen-bond donors (Lipinski definition) is 1. The van der Waals surface area contributed by atoms with Gasteiger partial charge in [-0.3, -0.25) is 0 Å². The first-order valence-corrected chi connectivity index (χ1v) is 8.94. The first-order chi connectivity index (χ1) is 9.35.